The molecule has 1 aliphatic rings. The number of methoxy groups -OCH3 is 1. The molecule has 19 heavy (non-hydrogen) atoms. The largest absolute Gasteiger partial charge is 0.469 e. The number of hydrogen-bond acceptors (Lipinski definition) is 4. The molecule has 0 heterocycles. The van der Waals surface area contributed by atoms with Crippen LogP contribution in [0.3, 0.4) is 0 Å². The van der Waals surface area contributed by atoms with Gasteiger partial charge in [0.05, 0.1) is 18.2 Å². The number of carbonyl (C=O) groups excluding carboxylic acids is 2. The van der Waals surface area contributed by atoms with E-state index in [2.05, 4.69) is 15.6 Å². The fourth-order valence-electron chi connectivity index (χ4n) is 1.88. The van der Waals surface area contributed by atoms with Crippen molar-refractivity contribution in [2.45, 2.75) is 19.3 Å². The first-order chi connectivity index (χ1) is 9.05. The Labute approximate surface area is 110 Å². The average Bonchev–Trinajstić information content (AvgIpc) is 3.16. The van der Waals surface area contributed by atoms with Gasteiger partial charge in [-0.2, -0.15) is 0 Å². The molecule has 0 saturated heterocycles. The Balaban J connectivity index is 1.84. The van der Waals surface area contributed by atoms with Crippen LogP contribution >= 0.6 is 0 Å². The lowest BCUT2D eigenvalue weighted by atomic mass is 10.0. The summed E-state index contributed by atoms with van der Waals surface area (Å²) in [5.74, 6) is -1.08. The van der Waals surface area contributed by atoms with Crippen LogP contribution in [-0.4, -0.2) is 19.0 Å². The standard InChI is InChI=1S/C13H15FN2O3/c1-19-12(18)13(5-6-13)8-11(17)16-15-10-4-2-3-9(14)7-10/h2-4,7,15H,5-6,8H2,1H3,(H,16,17). The summed E-state index contributed by atoms with van der Waals surface area (Å²) >= 11 is 0. The first-order valence-electron chi connectivity index (χ1n) is 5.95. The molecule has 0 aromatic heterocycles. The van der Waals surface area contributed by atoms with E-state index in [-0.39, 0.29) is 18.3 Å². The summed E-state index contributed by atoms with van der Waals surface area (Å²) in [4.78, 5) is 23.2. The number of nitrogens with one attached hydrogen (secondary N) is 2. The third-order valence-electron chi connectivity index (χ3n) is 3.14. The predicted molar refractivity (Wildman–Crippen MR) is 66.5 cm³/mol. The maximum Gasteiger partial charge on any atom is 0.312 e. The summed E-state index contributed by atoms with van der Waals surface area (Å²) in [5, 5.41) is 0. The molecule has 0 bridgehead atoms. The molecule has 102 valence electrons. The second-order valence-electron chi connectivity index (χ2n) is 4.63. The number of hydrazine groups is 1. The first kappa shape index (κ1) is 13.3. The molecule has 1 saturated carbocycles. The number of esters is 1. The number of ether oxygens (including phenoxy) is 1. The average molecular weight is 266 g/mol. The summed E-state index contributed by atoms with van der Waals surface area (Å²) in [7, 11) is 1.31. The minimum atomic E-state index is -0.664. The molecule has 0 spiro atoms. The van der Waals surface area contributed by atoms with E-state index in [0.717, 1.165) is 0 Å². The Kier molecular flexibility index (Phi) is 3.69. The summed E-state index contributed by atoms with van der Waals surface area (Å²) in [5.41, 5.74) is 4.82. The van der Waals surface area contributed by atoms with E-state index < -0.39 is 11.2 Å². The molecule has 0 unspecified atom stereocenters. The number of hydrogen-bond donors (Lipinski definition) is 2. The van der Waals surface area contributed by atoms with Gasteiger partial charge in [-0.05, 0) is 31.0 Å². The van der Waals surface area contributed by atoms with Crippen LogP contribution in [0.5, 0.6) is 0 Å². The predicted octanol–water partition coefficient (Wildman–Crippen LogP) is 1.61. The lowest BCUT2D eigenvalue weighted by Crippen LogP contribution is -2.33. The van der Waals surface area contributed by atoms with Crippen molar-refractivity contribution in [1.29, 1.82) is 0 Å². The van der Waals surface area contributed by atoms with Gasteiger partial charge in [0, 0.05) is 6.42 Å². The Hall–Kier alpha value is -2.11. The van der Waals surface area contributed by atoms with Gasteiger partial charge >= 0.3 is 5.97 Å². The zero-order valence-corrected chi connectivity index (χ0v) is 10.5. The van der Waals surface area contributed by atoms with E-state index in [9.17, 15) is 14.0 Å². The van der Waals surface area contributed by atoms with Gasteiger partial charge in [-0.1, -0.05) is 6.07 Å². The molecule has 0 radical (unpaired) electrons. The second kappa shape index (κ2) is 5.26. The van der Waals surface area contributed by atoms with Gasteiger partial charge in [0.1, 0.15) is 5.82 Å². The third-order valence-corrected chi connectivity index (χ3v) is 3.14. The Morgan fingerprint density at radius 2 is 2.16 bits per heavy atom. The van der Waals surface area contributed by atoms with Gasteiger partial charge in [0.2, 0.25) is 5.91 Å². The number of amides is 1. The minimum Gasteiger partial charge on any atom is -0.469 e. The van der Waals surface area contributed by atoms with Crippen LogP contribution in [0, 0.1) is 11.2 Å². The van der Waals surface area contributed by atoms with Gasteiger partial charge in [-0.3, -0.25) is 20.4 Å². The maximum absolute atomic E-state index is 12.9. The van der Waals surface area contributed by atoms with E-state index in [1.807, 2.05) is 0 Å². The first-order valence-corrected chi connectivity index (χ1v) is 5.95. The van der Waals surface area contributed by atoms with Crippen LogP contribution in [0.1, 0.15) is 19.3 Å². The topological polar surface area (TPSA) is 67.4 Å². The van der Waals surface area contributed by atoms with E-state index in [4.69, 9.17) is 0 Å². The fourth-order valence-corrected chi connectivity index (χ4v) is 1.88. The number of carbonyl (C=O) groups is 2. The minimum absolute atomic E-state index is 0.0714. The van der Waals surface area contributed by atoms with Crippen LogP contribution in [0.2, 0.25) is 0 Å². The maximum atomic E-state index is 12.9. The van der Waals surface area contributed by atoms with Crippen molar-refractivity contribution in [1.82, 2.24) is 5.43 Å². The highest BCUT2D eigenvalue weighted by Crippen LogP contribution is 2.49. The van der Waals surface area contributed by atoms with Crippen molar-refractivity contribution < 1.29 is 18.7 Å². The molecular formula is C13H15FN2O3. The Bertz CT molecular complexity index is 500. The molecule has 0 aliphatic heterocycles. The lowest BCUT2D eigenvalue weighted by molar-refractivity contribution is -0.149. The molecule has 1 aliphatic carbocycles. The normalized spacial score (nSPS) is 15.5. The van der Waals surface area contributed by atoms with Gasteiger partial charge in [-0.15, -0.1) is 0 Å². The van der Waals surface area contributed by atoms with E-state index in [1.165, 1.54) is 25.3 Å². The molecule has 6 heteroatoms. The van der Waals surface area contributed by atoms with Crippen molar-refractivity contribution in [3.63, 3.8) is 0 Å². The quantitative estimate of drug-likeness (QED) is 0.627. The summed E-state index contributed by atoms with van der Waals surface area (Å²) < 4.78 is 17.6. The summed E-state index contributed by atoms with van der Waals surface area (Å²) in [6.45, 7) is 0. The SMILES string of the molecule is COC(=O)C1(CC(=O)NNc2cccc(F)c2)CC1. The molecule has 2 rings (SSSR count). The van der Waals surface area contributed by atoms with Gasteiger partial charge in [-0.25, -0.2) is 4.39 Å². The van der Waals surface area contributed by atoms with Crippen LogP contribution in [0.25, 0.3) is 0 Å². The number of halogens is 1. The molecule has 1 amide bonds. The van der Waals surface area contributed by atoms with Crippen molar-refractivity contribution in [2.75, 3.05) is 12.5 Å². The van der Waals surface area contributed by atoms with E-state index in [1.54, 1.807) is 6.07 Å². The highest BCUT2D eigenvalue weighted by Gasteiger charge is 2.52. The highest BCUT2D eigenvalue weighted by molar-refractivity contribution is 5.88. The molecule has 1 aromatic rings. The highest BCUT2D eigenvalue weighted by atomic mass is 19.1. The number of anilines is 1. The van der Waals surface area contributed by atoms with Crippen molar-refractivity contribution in [2.24, 2.45) is 5.41 Å². The van der Waals surface area contributed by atoms with Gasteiger partial charge in [0.15, 0.2) is 0 Å². The summed E-state index contributed by atoms with van der Waals surface area (Å²) in [6, 6.07) is 5.72. The molecule has 1 aromatic carbocycles. The smallest absolute Gasteiger partial charge is 0.312 e. The van der Waals surface area contributed by atoms with Gasteiger partial charge < -0.3 is 4.74 Å². The molecule has 2 N–H and O–H groups in total. The molecular weight excluding hydrogens is 251 g/mol. The van der Waals surface area contributed by atoms with Gasteiger partial charge in [0.25, 0.3) is 0 Å². The zero-order valence-electron chi connectivity index (χ0n) is 10.5. The molecule has 1 fully saturated rings. The van der Waals surface area contributed by atoms with E-state index in [0.29, 0.717) is 18.5 Å². The van der Waals surface area contributed by atoms with Crippen LogP contribution in [0.15, 0.2) is 24.3 Å². The monoisotopic (exact) mass is 266 g/mol. The van der Waals surface area contributed by atoms with Crippen molar-refractivity contribution in [3.8, 4) is 0 Å². The van der Waals surface area contributed by atoms with E-state index >= 15 is 0 Å². The third kappa shape index (κ3) is 3.21. The fraction of sp³-hybridized carbons (Fsp3) is 0.385. The van der Waals surface area contributed by atoms with Crippen molar-refractivity contribution in [3.05, 3.63) is 30.1 Å². The summed E-state index contributed by atoms with van der Waals surface area (Å²) in [6.07, 6.45) is 1.39. The number of benzene rings is 1. The Morgan fingerprint density at radius 3 is 2.74 bits per heavy atom. The van der Waals surface area contributed by atoms with Crippen LogP contribution < -0.4 is 10.9 Å². The van der Waals surface area contributed by atoms with Crippen LogP contribution in [-0.2, 0) is 14.3 Å². The number of rotatable bonds is 5. The lowest BCUT2D eigenvalue weighted by Gasteiger charge is -2.13. The second-order valence-corrected chi connectivity index (χ2v) is 4.63. The Morgan fingerprint density at radius 1 is 1.42 bits per heavy atom. The molecule has 0 atom stereocenters. The zero-order chi connectivity index (χ0) is 13.9. The van der Waals surface area contributed by atoms with Crippen molar-refractivity contribution >= 4 is 17.6 Å². The molecule has 5 nitrogen and oxygen atoms in total. The van der Waals surface area contributed by atoms with Crippen LogP contribution in [0.4, 0.5) is 10.1 Å².